The van der Waals surface area contributed by atoms with Crippen molar-refractivity contribution in [2.75, 3.05) is 13.7 Å². The van der Waals surface area contributed by atoms with Gasteiger partial charge in [0.15, 0.2) is 0 Å². The van der Waals surface area contributed by atoms with Gasteiger partial charge in [-0.05, 0) is 29.7 Å². The number of likely N-dealkylation sites (tertiary alicyclic amines) is 1. The van der Waals surface area contributed by atoms with E-state index in [1.807, 2.05) is 54.6 Å². The summed E-state index contributed by atoms with van der Waals surface area (Å²) in [5.74, 6) is 0.524. The molecule has 0 saturated carbocycles. The number of methoxy groups -OCH3 is 1. The standard InChI is InChI=1S/C20H24N2O3/c1-24-18-11-19(20(21)23)22(13-18)12-16-8-5-9-17(10-16)25-14-15-6-3-2-4-7-15/h2-10,18-19H,11-14H2,1H3,(H2,21,23)/t18-,19-/m0/s1. The van der Waals surface area contributed by atoms with Crippen LogP contribution >= 0.6 is 0 Å². The number of carbonyl (C=O) groups is 1. The fourth-order valence-corrected chi connectivity index (χ4v) is 3.21. The quantitative estimate of drug-likeness (QED) is 0.840. The predicted octanol–water partition coefficient (Wildman–Crippen LogP) is 2.34. The summed E-state index contributed by atoms with van der Waals surface area (Å²) >= 11 is 0. The van der Waals surface area contributed by atoms with E-state index in [1.54, 1.807) is 7.11 Å². The van der Waals surface area contributed by atoms with E-state index in [2.05, 4.69) is 4.90 Å². The van der Waals surface area contributed by atoms with E-state index in [-0.39, 0.29) is 18.1 Å². The van der Waals surface area contributed by atoms with E-state index < -0.39 is 0 Å². The van der Waals surface area contributed by atoms with Crippen molar-refractivity contribution in [3.05, 3.63) is 65.7 Å². The summed E-state index contributed by atoms with van der Waals surface area (Å²) < 4.78 is 11.3. The molecule has 0 aromatic heterocycles. The number of hydrogen-bond donors (Lipinski definition) is 1. The molecule has 25 heavy (non-hydrogen) atoms. The van der Waals surface area contributed by atoms with Gasteiger partial charge in [-0.15, -0.1) is 0 Å². The Balaban J connectivity index is 1.64. The Labute approximate surface area is 148 Å². The molecule has 0 radical (unpaired) electrons. The molecule has 1 amide bonds. The van der Waals surface area contributed by atoms with Gasteiger partial charge in [0.25, 0.3) is 0 Å². The van der Waals surface area contributed by atoms with Crippen molar-refractivity contribution in [3.8, 4) is 5.75 Å². The first-order valence-electron chi connectivity index (χ1n) is 8.47. The molecule has 1 saturated heterocycles. The van der Waals surface area contributed by atoms with Crippen molar-refractivity contribution < 1.29 is 14.3 Å². The zero-order valence-electron chi connectivity index (χ0n) is 14.4. The van der Waals surface area contributed by atoms with Crippen LogP contribution in [0.25, 0.3) is 0 Å². The number of ether oxygens (including phenoxy) is 2. The van der Waals surface area contributed by atoms with E-state index >= 15 is 0 Å². The first-order valence-corrected chi connectivity index (χ1v) is 8.47. The molecule has 5 nitrogen and oxygen atoms in total. The van der Waals surface area contributed by atoms with Gasteiger partial charge in [0, 0.05) is 20.2 Å². The van der Waals surface area contributed by atoms with Gasteiger partial charge in [-0.3, -0.25) is 9.69 Å². The molecule has 1 heterocycles. The highest BCUT2D eigenvalue weighted by Crippen LogP contribution is 2.24. The van der Waals surface area contributed by atoms with Crippen LogP contribution in [-0.4, -0.2) is 36.6 Å². The monoisotopic (exact) mass is 340 g/mol. The highest BCUT2D eigenvalue weighted by Gasteiger charge is 2.35. The molecule has 3 rings (SSSR count). The Morgan fingerprint density at radius 2 is 1.92 bits per heavy atom. The summed E-state index contributed by atoms with van der Waals surface area (Å²) in [6, 6.07) is 17.7. The lowest BCUT2D eigenvalue weighted by Crippen LogP contribution is -2.39. The fourth-order valence-electron chi connectivity index (χ4n) is 3.21. The maximum absolute atomic E-state index is 11.7. The fraction of sp³-hybridized carbons (Fsp3) is 0.350. The number of benzene rings is 2. The number of carbonyl (C=O) groups excluding carboxylic acids is 1. The minimum absolute atomic E-state index is 0.0509. The predicted molar refractivity (Wildman–Crippen MR) is 96.0 cm³/mol. The summed E-state index contributed by atoms with van der Waals surface area (Å²) in [5, 5.41) is 0. The summed E-state index contributed by atoms with van der Waals surface area (Å²) in [7, 11) is 1.67. The highest BCUT2D eigenvalue weighted by atomic mass is 16.5. The molecular weight excluding hydrogens is 316 g/mol. The molecule has 132 valence electrons. The minimum atomic E-state index is -0.295. The molecule has 1 aliphatic heterocycles. The number of rotatable bonds is 7. The first-order chi connectivity index (χ1) is 12.2. The van der Waals surface area contributed by atoms with Gasteiger partial charge in [-0.25, -0.2) is 0 Å². The van der Waals surface area contributed by atoms with Crippen molar-refractivity contribution in [1.29, 1.82) is 0 Å². The molecule has 1 aliphatic rings. The van der Waals surface area contributed by atoms with Crippen LogP contribution in [-0.2, 0) is 22.7 Å². The number of nitrogens with zero attached hydrogens (tertiary/aromatic N) is 1. The van der Waals surface area contributed by atoms with E-state index in [0.29, 0.717) is 26.1 Å². The van der Waals surface area contributed by atoms with Crippen LogP contribution in [0.5, 0.6) is 5.75 Å². The lowest BCUT2D eigenvalue weighted by molar-refractivity contribution is -0.122. The minimum Gasteiger partial charge on any atom is -0.489 e. The number of nitrogens with two attached hydrogens (primary N) is 1. The van der Waals surface area contributed by atoms with Crippen LogP contribution in [0.3, 0.4) is 0 Å². The Bertz CT molecular complexity index is 705. The molecular formula is C20H24N2O3. The SMILES string of the molecule is CO[C@H]1C[C@@H](C(N)=O)N(Cc2cccc(OCc3ccccc3)c2)C1. The van der Waals surface area contributed by atoms with Crippen molar-refractivity contribution in [2.45, 2.75) is 31.7 Å². The van der Waals surface area contributed by atoms with Gasteiger partial charge in [-0.1, -0.05) is 42.5 Å². The zero-order chi connectivity index (χ0) is 17.6. The second-order valence-corrected chi connectivity index (χ2v) is 6.36. The second kappa shape index (κ2) is 8.14. The third kappa shape index (κ3) is 4.59. The maximum atomic E-state index is 11.7. The molecule has 5 heteroatoms. The molecule has 0 aliphatic carbocycles. The van der Waals surface area contributed by atoms with Crippen LogP contribution in [0.4, 0.5) is 0 Å². The molecule has 0 bridgehead atoms. The Morgan fingerprint density at radius 1 is 1.16 bits per heavy atom. The highest BCUT2D eigenvalue weighted by molar-refractivity contribution is 5.80. The van der Waals surface area contributed by atoms with Crippen LogP contribution in [0.2, 0.25) is 0 Å². The molecule has 0 spiro atoms. The van der Waals surface area contributed by atoms with Crippen LogP contribution in [0.1, 0.15) is 17.5 Å². The van der Waals surface area contributed by atoms with E-state index in [1.165, 1.54) is 0 Å². The summed E-state index contributed by atoms with van der Waals surface area (Å²) in [4.78, 5) is 13.8. The largest absolute Gasteiger partial charge is 0.489 e. The lowest BCUT2D eigenvalue weighted by atomic mass is 10.1. The Hall–Kier alpha value is -2.37. The topological polar surface area (TPSA) is 64.8 Å². The van der Waals surface area contributed by atoms with Crippen molar-refractivity contribution in [2.24, 2.45) is 5.73 Å². The normalized spacial score (nSPS) is 20.5. The van der Waals surface area contributed by atoms with Gasteiger partial charge < -0.3 is 15.2 Å². The Kier molecular flexibility index (Phi) is 5.68. The first kappa shape index (κ1) is 17.5. The molecule has 2 aromatic carbocycles. The smallest absolute Gasteiger partial charge is 0.234 e. The van der Waals surface area contributed by atoms with Gasteiger partial charge in [0.1, 0.15) is 12.4 Å². The van der Waals surface area contributed by atoms with Crippen LogP contribution in [0.15, 0.2) is 54.6 Å². The average molecular weight is 340 g/mol. The molecule has 2 N–H and O–H groups in total. The number of hydrogen-bond acceptors (Lipinski definition) is 4. The van der Waals surface area contributed by atoms with Gasteiger partial charge in [0.05, 0.1) is 12.1 Å². The summed E-state index contributed by atoms with van der Waals surface area (Å²) in [6.45, 7) is 1.89. The molecule has 0 unspecified atom stereocenters. The second-order valence-electron chi connectivity index (χ2n) is 6.36. The van der Waals surface area contributed by atoms with Gasteiger partial charge in [0.2, 0.25) is 5.91 Å². The van der Waals surface area contributed by atoms with Gasteiger partial charge in [-0.2, -0.15) is 0 Å². The van der Waals surface area contributed by atoms with Crippen molar-refractivity contribution in [3.63, 3.8) is 0 Å². The molecule has 2 aromatic rings. The lowest BCUT2D eigenvalue weighted by Gasteiger charge is -2.21. The summed E-state index contributed by atoms with van der Waals surface area (Å²) in [6.07, 6.45) is 0.700. The van der Waals surface area contributed by atoms with E-state index in [9.17, 15) is 4.79 Å². The van der Waals surface area contributed by atoms with Crippen LogP contribution < -0.4 is 10.5 Å². The zero-order valence-corrected chi connectivity index (χ0v) is 14.4. The maximum Gasteiger partial charge on any atom is 0.234 e. The van der Waals surface area contributed by atoms with E-state index in [4.69, 9.17) is 15.2 Å². The van der Waals surface area contributed by atoms with Crippen LogP contribution in [0, 0.1) is 0 Å². The van der Waals surface area contributed by atoms with Crippen molar-refractivity contribution >= 4 is 5.91 Å². The van der Waals surface area contributed by atoms with Crippen molar-refractivity contribution in [1.82, 2.24) is 4.90 Å². The third-order valence-corrected chi connectivity index (χ3v) is 4.56. The third-order valence-electron chi connectivity index (χ3n) is 4.56. The number of primary amides is 1. The Morgan fingerprint density at radius 3 is 2.64 bits per heavy atom. The van der Waals surface area contributed by atoms with Gasteiger partial charge >= 0.3 is 0 Å². The average Bonchev–Trinajstić information content (AvgIpc) is 3.04. The van der Waals surface area contributed by atoms with E-state index in [0.717, 1.165) is 16.9 Å². The summed E-state index contributed by atoms with van der Waals surface area (Å²) in [5.41, 5.74) is 7.76. The number of amides is 1. The molecule has 2 atom stereocenters. The molecule has 1 fully saturated rings.